The molecule has 0 aliphatic carbocycles. The molecule has 53 heavy (non-hydrogen) atoms. The molecule has 0 amide bonds. The van der Waals surface area contributed by atoms with Gasteiger partial charge in [0.05, 0.1) is 12.7 Å². The van der Waals surface area contributed by atoms with Gasteiger partial charge in [0.1, 0.15) is 6.61 Å². The Morgan fingerprint density at radius 3 is 1.64 bits per heavy atom. The van der Waals surface area contributed by atoms with Gasteiger partial charge in [-0.25, -0.2) is 4.57 Å². The molecular weight excluding hydrogens is 691 g/mol. The molecule has 0 aromatic carbocycles. The zero-order chi connectivity index (χ0) is 39.1. The second-order valence-corrected chi connectivity index (χ2v) is 13.2. The van der Waals surface area contributed by atoms with E-state index < -0.39 is 45.2 Å². The van der Waals surface area contributed by atoms with Gasteiger partial charge in [-0.2, -0.15) is 0 Å². The summed E-state index contributed by atoms with van der Waals surface area (Å²) in [5, 5.41) is 10.1. The molecule has 10 heteroatoms. The van der Waals surface area contributed by atoms with Gasteiger partial charge in [-0.3, -0.25) is 14.1 Å². The molecule has 2 atom stereocenters. The van der Waals surface area contributed by atoms with E-state index in [1.807, 2.05) is 12.2 Å². The first-order valence-corrected chi connectivity index (χ1v) is 20.5. The summed E-state index contributed by atoms with van der Waals surface area (Å²) in [5.74, 6) is -1.13. The first-order valence-electron chi connectivity index (χ1n) is 18.9. The predicted octanol–water partition coefficient (Wildman–Crippen LogP) is 10.4. The van der Waals surface area contributed by atoms with Crippen LogP contribution in [0.2, 0.25) is 0 Å². The van der Waals surface area contributed by atoms with E-state index in [0.29, 0.717) is 19.3 Å². The van der Waals surface area contributed by atoms with Gasteiger partial charge in [-0.05, 0) is 83.5 Å². The van der Waals surface area contributed by atoms with Crippen molar-refractivity contribution in [3.05, 3.63) is 122 Å². The number of carbonyl (C=O) groups is 2. The number of ether oxygens (including phenoxy) is 2. The summed E-state index contributed by atoms with van der Waals surface area (Å²) < 4.78 is 26.1. The van der Waals surface area contributed by atoms with Gasteiger partial charge in [-0.15, -0.1) is 0 Å². The van der Waals surface area contributed by atoms with Crippen molar-refractivity contribution in [2.24, 2.45) is 0 Å². The first-order chi connectivity index (χ1) is 25.7. The Kier molecular flexibility index (Phi) is 34.3. The average molecular weight is 757 g/mol. The molecule has 0 spiro atoms. The Hall–Kier alpha value is -3.59. The van der Waals surface area contributed by atoms with Crippen LogP contribution in [0.4, 0.5) is 0 Å². The number of rotatable bonds is 32. The van der Waals surface area contributed by atoms with Crippen LogP contribution in [0.3, 0.4) is 0 Å². The lowest BCUT2D eigenvalue weighted by molar-refractivity contribution is -0.161. The summed E-state index contributed by atoms with van der Waals surface area (Å²) in [4.78, 5) is 42.7. The molecule has 3 N–H and O–H groups in total. The monoisotopic (exact) mass is 756 g/mol. The van der Waals surface area contributed by atoms with Crippen LogP contribution in [-0.4, -0.2) is 52.3 Å². The zero-order valence-corrected chi connectivity index (χ0v) is 32.9. The molecule has 0 aromatic rings. The second-order valence-electron chi connectivity index (χ2n) is 12.0. The summed E-state index contributed by atoms with van der Waals surface area (Å²) in [6.45, 7) is 3.23. The molecule has 0 saturated carbocycles. The fourth-order valence-corrected chi connectivity index (χ4v) is 4.66. The average Bonchev–Trinajstić information content (AvgIpc) is 3.12. The van der Waals surface area contributed by atoms with E-state index in [0.717, 1.165) is 64.2 Å². The third kappa shape index (κ3) is 39.5. The van der Waals surface area contributed by atoms with Crippen LogP contribution in [0.25, 0.3) is 0 Å². The lowest BCUT2D eigenvalue weighted by Gasteiger charge is -2.18. The SMILES string of the molecule is CC/C=C\C/C=C\C/C=C\C/C=C\C=C/C(O)C/C=C\CCC(=O)OC[C@H](COP(=O)(O)O)OC(=O)CCCC/C=C\C/C=C\C/C=C\C/C=C\CC. The molecule has 0 saturated heterocycles. The molecule has 0 aliphatic rings. The molecule has 0 bridgehead atoms. The molecule has 0 aliphatic heterocycles. The number of allylic oxidation sites excluding steroid dienone is 18. The van der Waals surface area contributed by atoms with E-state index >= 15 is 0 Å². The van der Waals surface area contributed by atoms with Gasteiger partial charge in [0.25, 0.3) is 0 Å². The third-order valence-electron chi connectivity index (χ3n) is 7.07. The lowest BCUT2D eigenvalue weighted by Crippen LogP contribution is -2.29. The Balaban J connectivity index is 4.30. The van der Waals surface area contributed by atoms with Crippen molar-refractivity contribution in [2.45, 2.75) is 122 Å². The fourth-order valence-electron chi connectivity index (χ4n) is 4.29. The lowest BCUT2D eigenvalue weighted by atomic mass is 10.2. The van der Waals surface area contributed by atoms with Crippen LogP contribution in [0.5, 0.6) is 0 Å². The van der Waals surface area contributed by atoms with E-state index in [-0.39, 0.29) is 12.8 Å². The molecule has 0 fully saturated rings. The number of unbranched alkanes of at least 4 members (excludes halogenated alkanes) is 2. The molecule has 0 radical (unpaired) electrons. The second kappa shape index (κ2) is 36.8. The van der Waals surface area contributed by atoms with Gasteiger partial charge in [0, 0.05) is 12.8 Å². The molecule has 1 unspecified atom stereocenters. The molecule has 296 valence electrons. The highest BCUT2D eigenvalue weighted by atomic mass is 31.2. The highest BCUT2D eigenvalue weighted by Crippen LogP contribution is 2.35. The number of aliphatic hydroxyl groups is 1. The van der Waals surface area contributed by atoms with Gasteiger partial charge in [-0.1, -0.05) is 135 Å². The normalized spacial score (nSPS) is 14.4. The molecular formula is C43H65O9P. The van der Waals surface area contributed by atoms with Crippen LogP contribution in [-0.2, 0) is 28.2 Å². The van der Waals surface area contributed by atoms with Gasteiger partial charge in [0.2, 0.25) is 0 Å². The standard InChI is InChI=1S/C43H65O9P/c1-3-5-7-9-11-13-15-17-18-20-22-24-26-28-32-37-43(46)52-41(39-51-53(47,48)49)38-50-42(45)36-33-29-31-35-40(44)34-30-27-25-23-21-19-16-14-12-10-8-6-4-2/h5-8,11-14,17-19,21-22,24-25,27,29-31,34,40-41,44H,3-4,9-10,15-16,20,23,26,28,32-33,35-39H2,1-2H3,(H2,47,48,49)/b7-5-,8-6-,13-11-,14-12-,18-17-,21-19-,24-22-,27-25-,31-29-,34-30-/t40?,41-/m1/s1. The van der Waals surface area contributed by atoms with Crippen LogP contribution in [0.1, 0.15) is 110 Å². The number of phosphoric acid groups is 1. The zero-order valence-electron chi connectivity index (χ0n) is 32.0. The number of hydrogen-bond acceptors (Lipinski definition) is 7. The summed E-state index contributed by atoms with van der Waals surface area (Å²) in [6, 6.07) is 0. The van der Waals surface area contributed by atoms with Crippen LogP contribution < -0.4 is 0 Å². The van der Waals surface area contributed by atoms with Crippen LogP contribution in [0.15, 0.2) is 122 Å². The maximum atomic E-state index is 12.4. The summed E-state index contributed by atoms with van der Waals surface area (Å²) >= 11 is 0. The van der Waals surface area contributed by atoms with Crippen molar-refractivity contribution < 1.29 is 43.0 Å². The van der Waals surface area contributed by atoms with E-state index in [1.54, 1.807) is 24.3 Å². The van der Waals surface area contributed by atoms with Crippen LogP contribution in [0, 0.1) is 0 Å². The number of hydrogen-bond donors (Lipinski definition) is 3. The van der Waals surface area contributed by atoms with E-state index in [2.05, 4.69) is 103 Å². The number of phosphoric ester groups is 1. The van der Waals surface area contributed by atoms with Crippen molar-refractivity contribution >= 4 is 19.8 Å². The summed E-state index contributed by atoms with van der Waals surface area (Å²) in [5.41, 5.74) is 0. The predicted molar refractivity (Wildman–Crippen MR) is 217 cm³/mol. The Labute approximate surface area is 319 Å². The molecule has 9 nitrogen and oxygen atoms in total. The minimum atomic E-state index is -4.81. The van der Waals surface area contributed by atoms with Gasteiger partial charge in [0.15, 0.2) is 6.10 Å². The number of carbonyl (C=O) groups excluding carboxylic acids is 2. The van der Waals surface area contributed by atoms with Crippen molar-refractivity contribution in [3.8, 4) is 0 Å². The maximum Gasteiger partial charge on any atom is 0.469 e. The largest absolute Gasteiger partial charge is 0.469 e. The minimum absolute atomic E-state index is 0.0434. The number of aliphatic hydroxyl groups excluding tert-OH is 1. The number of esters is 2. The first kappa shape index (κ1) is 49.4. The van der Waals surface area contributed by atoms with Crippen molar-refractivity contribution in [1.29, 1.82) is 0 Å². The highest BCUT2D eigenvalue weighted by Gasteiger charge is 2.22. The summed E-state index contributed by atoms with van der Waals surface area (Å²) in [7, 11) is -4.81. The fraction of sp³-hybridized carbons (Fsp3) is 0.488. The maximum absolute atomic E-state index is 12.4. The van der Waals surface area contributed by atoms with Gasteiger partial charge >= 0.3 is 19.8 Å². The third-order valence-corrected chi connectivity index (χ3v) is 7.55. The molecule has 0 heterocycles. The van der Waals surface area contributed by atoms with E-state index in [9.17, 15) is 19.3 Å². The molecule has 0 rings (SSSR count). The van der Waals surface area contributed by atoms with Crippen molar-refractivity contribution in [2.75, 3.05) is 13.2 Å². The topological polar surface area (TPSA) is 140 Å². The minimum Gasteiger partial charge on any atom is -0.462 e. The summed E-state index contributed by atoms with van der Waals surface area (Å²) in [6.07, 6.45) is 49.6. The Morgan fingerprint density at radius 1 is 0.585 bits per heavy atom. The van der Waals surface area contributed by atoms with E-state index in [1.165, 1.54) is 0 Å². The van der Waals surface area contributed by atoms with Crippen molar-refractivity contribution in [1.82, 2.24) is 0 Å². The van der Waals surface area contributed by atoms with E-state index in [4.69, 9.17) is 19.3 Å². The highest BCUT2D eigenvalue weighted by molar-refractivity contribution is 7.46. The molecule has 0 aromatic heterocycles. The smallest absolute Gasteiger partial charge is 0.462 e. The quantitative estimate of drug-likeness (QED) is 0.0201. The Bertz CT molecular complexity index is 1280. The van der Waals surface area contributed by atoms with Crippen LogP contribution >= 0.6 is 7.82 Å². The van der Waals surface area contributed by atoms with Crippen molar-refractivity contribution in [3.63, 3.8) is 0 Å². The Morgan fingerprint density at radius 2 is 1.09 bits per heavy atom. The van der Waals surface area contributed by atoms with Gasteiger partial charge < -0.3 is 24.4 Å².